The van der Waals surface area contributed by atoms with Crippen molar-refractivity contribution in [1.82, 2.24) is 10.2 Å². The molecular formula is C23H32ClFN4. The molecule has 3 rings (SSSR count). The fourth-order valence-corrected chi connectivity index (χ4v) is 5.14. The van der Waals surface area contributed by atoms with Crippen molar-refractivity contribution in [3.8, 4) is 0 Å². The van der Waals surface area contributed by atoms with E-state index in [9.17, 15) is 4.39 Å². The molecule has 3 N–H and O–H groups in total. The molecule has 29 heavy (non-hydrogen) atoms. The molecule has 2 fully saturated rings. The van der Waals surface area contributed by atoms with Crippen molar-refractivity contribution >= 4 is 23.1 Å². The van der Waals surface area contributed by atoms with E-state index in [1.165, 1.54) is 56.8 Å². The van der Waals surface area contributed by atoms with Gasteiger partial charge in [0.25, 0.3) is 0 Å². The van der Waals surface area contributed by atoms with Crippen molar-refractivity contribution in [2.45, 2.75) is 45.6 Å². The molecule has 0 amide bonds. The van der Waals surface area contributed by atoms with E-state index in [1.54, 1.807) is 6.08 Å². The molecule has 1 aliphatic heterocycles. The largest absolute Gasteiger partial charge is 0.368 e. The third-order valence-electron chi connectivity index (χ3n) is 6.17. The highest BCUT2D eigenvalue weighted by Gasteiger charge is 2.40. The second-order valence-electron chi connectivity index (χ2n) is 8.73. The molecule has 6 heteroatoms. The van der Waals surface area contributed by atoms with Gasteiger partial charge >= 0.3 is 0 Å². The van der Waals surface area contributed by atoms with Crippen LogP contribution >= 0.6 is 11.6 Å². The monoisotopic (exact) mass is 418 g/mol. The minimum Gasteiger partial charge on any atom is -0.368 e. The number of nitrogens with one attached hydrogen (secondary N) is 3. The number of rotatable bonds is 8. The lowest BCUT2D eigenvalue weighted by molar-refractivity contribution is 0.257. The molecule has 1 aromatic rings. The van der Waals surface area contributed by atoms with Gasteiger partial charge in [-0.1, -0.05) is 31.9 Å². The Labute approximate surface area is 178 Å². The maximum Gasteiger partial charge on any atom is 0.123 e. The van der Waals surface area contributed by atoms with Crippen molar-refractivity contribution in [3.63, 3.8) is 0 Å². The molecule has 1 heterocycles. The summed E-state index contributed by atoms with van der Waals surface area (Å²) in [6.07, 6.45) is 7.83. The molecule has 4 atom stereocenters. The van der Waals surface area contributed by atoms with Crippen LogP contribution in [0.2, 0.25) is 5.02 Å². The molecule has 1 saturated carbocycles. The molecule has 0 bridgehead atoms. The first-order valence-electron chi connectivity index (χ1n) is 10.6. The third kappa shape index (κ3) is 5.89. The second-order valence-corrected chi connectivity index (χ2v) is 9.14. The number of hydrogen-bond acceptors (Lipinski definition) is 3. The summed E-state index contributed by atoms with van der Waals surface area (Å²) < 4.78 is 13.4. The lowest BCUT2D eigenvalue weighted by Crippen LogP contribution is -2.34. The Morgan fingerprint density at radius 3 is 2.62 bits per heavy atom. The van der Waals surface area contributed by atoms with E-state index in [-0.39, 0.29) is 5.71 Å². The Morgan fingerprint density at radius 1 is 1.28 bits per heavy atom. The van der Waals surface area contributed by atoms with E-state index in [1.807, 2.05) is 0 Å². The van der Waals surface area contributed by atoms with Crippen LogP contribution in [-0.2, 0) is 0 Å². The minimum atomic E-state index is -0.425. The van der Waals surface area contributed by atoms with Gasteiger partial charge < -0.3 is 15.6 Å². The van der Waals surface area contributed by atoms with Gasteiger partial charge in [0, 0.05) is 31.2 Å². The predicted octanol–water partition coefficient (Wildman–Crippen LogP) is 5.12. The Kier molecular flexibility index (Phi) is 7.47. The van der Waals surface area contributed by atoms with Gasteiger partial charge in [-0.15, -0.1) is 0 Å². The smallest absolute Gasteiger partial charge is 0.123 e. The van der Waals surface area contributed by atoms with Gasteiger partial charge in [0.15, 0.2) is 0 Å². The zero-order chi connectivity index (χ0) is 21.0. The van der Waals surface area contributed by atoms with Crippen LogP contribution in [0.15, 0.2) is 30.4 Å². The van der Waals surface area contributed by atoms with Crippen LogP contribution < -0.4 is 5.32 Å². The summed E-state index contributed by atoms with van der Waals surface area (Å²) in [4.78, 5) is 2.63. The van der Waals surface area contributed by atoms with Crippen LogP contribution in [0.5, 0.6) is 0 Å². The number of benzene rings is 1. The number of hydrogen-bond donors (Lipinski definition) is 3. The van der Waals surface area contributed by atoms with Gasteiger partial charge in [0.1, 0.15) is 11.7 Å². The average Bonchev–Trinajstić information content (AvgIpc) is 3.19. The highest BCUT2D eigenvalue weighted by atomic mass is 35.5. The maximum absolute atomic E-state index is 13.4. The molecule has 0 radical (unpaired) electrons. The summed E-state index contributed by atoms with van der Waals surface area (Å²) in [5.41, 5.74) is 0.435. The quantitative estimate of drug-likeness (QED) is 0.405. The summed E-state index contributed by atoms with van der Waals surface area (Å²) in [6, 6.07) is 4.29. The first kappa shape index (κ1) is 22.0. The minimum absolute atomic E-state index is 0.0983. The van der Waals surface area contributed by atoms with Gasteiger partial charge in [-0.25, -0.2) is 4.39 Å². The maximum atomic E-state index is 13.4. The zero-order valence-corrected chi connectivity index (χ0v) is 18.1. The SMILES string of the molecule is CCCC(C)CN1C[C@H]2C[C@H](NC(=N)/C=C\C(=N)c3cc(F)ccc3Cl)C[C@H]2C1. The molecule has 0 spiro atoms. The fourth-order valence-electron chi connectivity index (χ4n) is 4.92. The van der Waals surface area contributed by atoms with E-state index >= 15 is 0 Å². The predicted molar refractivity (Wildman–Crippen MR) is 119 cm³/mol. The van der Waals surface area contributed by atoms with Crippen LogP contribution in [0.25, 0.3) is 0 Å². The summed E-state index contributed by atoms with van der Waals surface area (Å²) in [7, 11) is 0. The van der Waals surface area contributed by atoms with E-state index in [0.717, 1.165) is 30.6 Å². The first-order valence-corrected chi connectivity index (χ1v) is 11.0. The average molecular weight is 419 g/mol. The number of nitrogens with zero attached hydrogens (tertiary/aromatic N) is 1. The Morgan fingerprint density at radius 2 is 1.97 bits per heavy atom. The van der Waals surface area contributed by atoms with E-state index in [2.05, 4.69) is 24.1 Å². The second kappa shape index (κ2) is 9.86. The van der Waals surface area contributed by atoms with Crippen LogP contribution in [0.4, 0.5) is 4.39 Å². The molecule has 2 aliphatic rings. The van der Waals surface area contributed by atoms with Crippen LogP contribution in [-0.4, -0.2) is 42.1 Å². The molecule has 4 nitrogen and oxygen atoms in total. The van der Waals surface area contributed by atoms with Crippen molar-refractivity contribution in [2.24, 2.45) is 17.8 Å². The third-order valence-corrected chi connectivity index (χ3v) is 6.50. The van der Waals surface area contributed by atoms with Crippen molar-refractivity contribution in [1.29, 1.82) is 10.8 Å². The number of amidine groups is 1. The summed E-state index contributed by atoms with van der Waals surface area (Å²) in [5, 5.41) is 19.9. The van der Waals surface area contributed by atoms with Gasteiger partial charge in [-0.05, 0) is 67.4 Å². The highest BCUT2D eigenvalue weighted by molar-refractivity contribution is 6.34. The zero-order valence-electron chi connectivity index (χ0n) is 17.3. The number of halogens is 2. The lowest BCUT2D eigenvalue weighted by Gasteiger charge is -2.22. The van der Waals surface area contributed by atoms with Gasteiger partial charge in [-0.3, -0.25) is 5.41 Å². The van der Waals surface area contributed by atoms with Crippen molar-refractivity contribution < 1.29 is 4.39 Å². The number of likely N-dealkylation sites (tertiary alicyclic amines) is 1. The molecule has 1 unspecified atom stereocenters. The standard InChI is InChI=1S/C23H32ClFN4/c1-3-4-15(2)12-29-13-16-9-19(10-17(16)14-29)28-23(27)8-7-22(26)20-11-18(25)5-6-21(20)24/h5-8,11,15-17,19,26H,3-4,9-10,12-14H2,1-2H3,(H2,27,28)/b8-7-,26-22?/t15?,16-,17+,19+. The normalized spacial score (nSPS) is 25.3. The molecular weight excluding hydrogens is 387 g/mol. The highest BCUT2D eigenvalue weighted by Crippen LogP contribution is 2.38. The van der Waals surface area contributed by atoms with Crippen molar-refractivity contribution in [3.05, 3.63) is 46.8 Å². The summed E-state index contributed by atoms with van der Waals surface area (Å²) >= 11 is 6.04. The molecule has 158 valence electrons. The first-order chi connectivity index (χ1) is 13.9. The Bertz CT molecular complexity index is 764. The van der Waals surface area contributed by atoms with Gasteiger partial charge in [0.2, 0.25) is 0 Å². The Balaban J connectivity index is 1.45. The molecule has 0 aromatic heterocycles. The van der Waals surface area contributed by atoms with Gasteiger partial charge in [0.05, 0.1) is 10.7 Å². The van der Waals surface area contributed by atoms with E-state index < -0.39 is 5.82 Å². The van der Waals surface area contributed by atoms with Crippen LogP contribution in [0.3, 0.4) is 0 Å². The van der Waals surface area contributed by atoms with E-state index in [4.69, 9.17) is 22.4 Å². The lowest BCUT2D eigenvalue weighted by atomic mass is 10.0. The molecule has 1 aliphatic carbocycles. The molecule has 1 aromatic carbocycles. The molecule has 1 saturated heterocycles. The summed E-state index contributed by atoms with van der Waals surface area (Å²) in [6.45, 7) is 8.18. The number of allylic oxidation sites excluding steroid dienone is 1. The Hall–Kier alpha value is -1.72. The van der Waals surface area contributed by atoms with E-state index in [0.29, 0.717) is 22.5 Å². The summed E-state index contributed by atoms with van der Waals surface area (Å²) in [5.74, 6) is 2.09. The van der Waals surface area contributed by atoms with Crippen LogP contribution in [0.1, 0.15) is 45.1 Å². The van der Waals surface area contributed by atoms with Gasteiger partial charge in [-0.2, -0.15) is 0 Å². The topological polar surface area (TPSA) is 63.0 Å². The van der Waals surface area contributed by atoms with Crippen molar-refractivity contribution in [2.75, 3.05) is 19.6 Å². The van der Waals surface area contributed by atoms with Crippen LogP contribution in [0, 0.1) is 34.4 Å². The number of fused-ring (bicyclic) bond motifs is 1. The fraction of sp³-hybridized carbons (Fsp3) is 0.565.